The van der Waals surface area contributed by atoms with Gasteiger partial charge in [0.15, 0.2) is 0 Å². The van der Waals surface area contributed by atoms with Crippen molar-refractivity contribution in [2.45, 2.75) is 20.0 Å². The SMILES string of the molecule is CCN(CC)c1ccc(C(=O)NCC(O)c2ccc(F)cc2)cn1. The maximum atomic E-state index is 12.9. The zero-order valence-corrected chi connectivity index (χ0v) is 13.9. The molecule has 2 aromatic rings. The van der Waals surface area contributed by atoms with Crippen LogP contribution in [-0.4, -0.2) is 35.6 Å². The van der Waals surface area contributed by atoms with E-state index in [1.54, 1.807) is 12.1 Å². The van der Waals surface area contributed by atoms with E-state index < -0.39 is 6.10 Å². The van der Waals surface area contributed by atoms with Crippen LogP contribution in [0.15, 0.2) is 42.6 Å². The smallest absolute Gasteiger partial charge is 0.252 e. The van der Waals surface area contributed by atoms with Gasteiger partial charge in [-0.2, -0.15) is 0 Å². The summed E-state index contributed by atoms with van der Waals surface area (Å²) in [4.78, 5) is 18.5. The summed E-state index contributed by atoms with van der Waals surface area (Å²) in [5.41, 5.74) is 0.976. The Morgan fingerprint density at radius 1 is 1.21 bits per heavy atom. The summed E-state index contributed by atoms with van der Waals surface area (Å²) in [6.07, 6.45) is 0.630. The van der Waals surface area contributed by atoms with Gasteiger partial charge in [0.25, 0.3) is 5.91 Å². The third kappa shape index (κ3) is 4.52. The van der Waals surface area contributed by atoms with Gasteiger partial charge in [0.2, 0.25) is 0 Å². The lowest BCUT2D eigenvalue weighted by molar-refractivity contribution is 0.0916. The molecule has 0 saturated carbocycles. The fourth-order valence-electron chi connectivity index (χ4n) is 2.35. The summed E-state index contributed by atoms with van der Waals surface area (Å²) >= 11 is 0. The lowest BCUT2D eigenvalue weighted by atomic mass is 10.1. The van der Waals surface area contributed by atoms with Crippen LogP contribution >= 0.6 is 0 Å². The van der Waals surface area contributed by atoms with E-state index in [0.29, 0.717) is 11.1 Å². The van der Waals surface area contributed by atoms with E-state index in [4.69, 9.17) is 0 Å². The molecule has 1 amide bonds. The zero-order chi connectivity index (χ0) is 17.5. The number of carbonyl (C=O) groups excluding carboxylic acids is 1. The highest BCUT2D eigenvalue weighted by atomic mass is 19.1. The molecule has 0 radical (unpaired) electrons. The highest BCUT2D eigenvalue weighted by molar-refractivity contribution is 5.94. The first-order valence-corrected chi connectivity index (χ1v) is 7.97. The number of aliphatic hydroxyl groups is 1. The second-order valence-electron chi connectivity index (χ2n) is 5.35. The van der Waals surface area contributed by atoms with Crippen LogP contribution in [0.3, 0.4) is 0 Å². The Bertz CT molecular complexity index is 655. The molecule has 1 aromatic carbocycles. The standard InChI is InChI=1S/C18H22FN3O2/c1-3-22(4-2)17-10-7-14(11-20-17)18(24)21-12-16(23)13-5-8-15(19)9-6-13/h5-11,16,23H,3-4,12H2,1-2H3,(H,21,24). The summed E-state index contributed by atoms with van der Waals surface area (Å²) in [5.74, 6) is 0.145. The van der Waals surface area contributed by atoms with Crippen molar-refractivity contribution in [3.8, 4) is 0 Å². The molecule has 0 saturated heterocycles. The number of hydrogen-bond donors (Lipinski definition) is 2. The number of carbonyl (C=O) groups is 1. The van der Waals surface area contributed by atoms with Gasteiger partial charge in [-0.25, -0.2) is 9.37 Å². The summed E-state index contributed by atoms with van der Waals surface area (Å²) in [6.45, 7) is 5.82. The van der Waals surface area contributed by atoms with Crippen molar-refractivity contribution in [2.75, 3.05) is 24.5 Å². The van der Waals surface area contributed by atoms with Crippen LogP contribution in [0.2, 0.25) is 0 Å². The van der Waals surface area contributed by atoms with Crippen molar-refractivity contribution in [1.82, 2.24) is 10.3 Å². The first kappa shape index (κ1) is 17.9. The number of hydrogen-bond acceptors (Lipinski definition) is 4. The Labute approximate surface area is 141 Å². The molecule has 5 nitrogen and oxygen atoms in total. The largest absolute Gasteiger partial charge is 0.387 e. The number of aliphatic hydroxyl groups excluding tert-OH is 1. The molecule has 0 spiro atoms. The lowest BCUT2D eigenvalue weighted by Gasteiger charge is -2.19. The Morgan fingerprint density at radius 2 is 1.88 bits per heavy atom. The van der Waals surface area contributed by atoms with Crippen molar-refractivity contribution >= 4 is 11.7 Å². The molecule has 1 unspecified atom stereocenters. The first-order chi connectivity index (χ1) is 11.5. The van der Waals surface area contributed by atoms with Gasteiger partial charge in [0.05, 0.1) is 11.7 Å². The van der Waals surface area contributed by atoms with E-state index in [1.807, 2.05) is 13.8 Å². The monoisotopic (exact) mass is 331 g/mol. The Balaban J connectivity index is 1.93. The first-order valence-electron chi connectivity index (χ1n) is 7.97. The number of nitrogens with zero attached hydrogens (tertiary/aromatic N) is 2. The van der Waals surface area contributed by atoms with Crippen LogP contribution in [0.4, 0.5) is 10.2 Å². The second-order valence-corrected chi connectivity index (χ2v) is 5.35. The van der Waals surface area contributed by atoms with Gasteiger partial charge in [0.1, 0.15) is 11.6 Å². The number of amides is 1. The van der Waals surface area contributed by atoms with Gasteiger partial charge in [-0.15, -0.1) is 0 Å². The molecule has 2 rings (SSSR count). The molecule has 0 aliphatic heterocycles. The highest BCUT2D eigenvalue weighted by Gasteiger charge is 2.12. The zero-order valence-electron chi connectivity index (χ0n) is 13.9. The van der Waals surface area contributed by atoms with Crippen molar-refractivity contribution in [2.24, 2.45) is 0 Å². The third-order valence-electron chi connectivity index (χ3n) is 3.81. The Morgan fingerprint density at radius 3 is 2.42 bits per heavy atom. The van der Waals surface area contributed by atoms with Crippen LogP contribution in [0.1, 0.15) is 35.9 Å². The molecule has 2 N–H and O–H groups in total. The molecule has 6 heteroatoms. The van der Waals surface area contributed by atoms with E-state index in [1.165, 1.54) is 30.5 Å². The average molecular weight is 331 g/mol. The summed E-state index contributed by atoms with van der Waals surface area (Å²) in [7, 11) is 0. The van der Waals surface area contributed by atoms with Gasteiger partial charge in [-0.05, 0) is 43.7 Å². The fraction of sp³-hybridized carbons (Fsp3) is 0.333. The molecule has 0 aliphatic carbocycles. The van der Waals surface area contributed by atoms with Gasteiger partial charge < -0.3 is 15.3 Å². The fourth-order valence-corrected chi connectivity index (χ4v) is 2.35. The van der Waals surface area contributed by atoms with Crippen LogP contribution in [-0.2, 0) is 0 Å². The van der Waals surface area contributed by atoms with E-state index >= 15 is 0 Å². The van der Waals surface area contributed by atoms with Crippen LogP contribution < -0.4 is 10.2 Å². The summed E-state index contributed by atoms with van der Waals surface area (Å²) in [5, 5.41) is 12.7. The van der Waals surface area contributed by atoms with Crippen molar-refractivity contribution in [1.29, 1.82) is 0 Å². The van der Waals surface area contributed by atoms with Gasteiger partial charge >= 0.3 is 0 Å². The molecule has 1 heterocycles. The number of pyridine rings is 1. The summed E-state index contributed by atoms with van der Waals surface area (Å²) in [6, 6.07) is 9.05. The quantitative estimate of drug-likeness (QED) is 0.818. The minimum atomic E-state index is -0.891. The number of benzene rings is 1. The van der Waals surface area contributed by atoms with Crippen molar-refractivity contribution in [3.63, 3.8) is 0 Å². The van der Waals surface area contributed by atoms with Gasteiger partial charge in [-0.3, -0.25) is 4.79 Å². The van der Waals surface area contributed by atoms with Crippen LogP contribution in [0.5, 0.6) is 0 Å². The minimum absolute atomic E-state index is 0.0439. The van der Waals surface area contributed by atoms with E-state index in [-0.39, 0.29) is 18.3 Å². The number of halogens is 1. The molecule has 1 atom stereocenters. The average Bonchev–Trinajstić information content (AvgIpc) is 2.61. The number of nitrogens with one attached hydrogen (secondary N) is 1. The number of rotatable bonds is 7. The number of anilines is 1. The second kappa shape index (κ2) is 8.40. The molecule has 0 aliphatic rings. The third-order valence-corrected chi connectivity index (χ3v) is 3.81. The molecule has 0 bridgehead atoms. The summed E-state index contributed by atoms with van der Waals surface area (Å²) < 4.78 is 12.9. The van der Waals surface area contributed by atoms with Crippen molar-refractivity contribution in [3.05, 3.63) is 59.5 Å². The molecule has 0 fully saturated rings. The van der Waals surface area contributed by atoms with E-state index in [0.717, 1.165) is 18.9 Å². The van der Waals surface area contributed by atoms with Gasteiger partial charge in [0, 0.05) is 25.8 Å². The molecular formula is C18H22FN3O2. The molecule has 128 valence electrons. The van der Waals surface area contributed by atoms with E-state index in [2.05, 4.69) is 15.2 Å². The predicted molar refractivity (Wildman–Crippen MR) is 91.5 cm³/mol. The maximum Gasteiger partial charge on any atom is 0.252 e. The van der Waals surface area contributed by atoms with Crippen molar-refractivity contribution < 1.29 is 14.3 Å². The lowest BCUT2D eigenvalue weighted by Crippen LogP contribution is -2.29. The molecule has 24 heavy (non-hydrogen) atoms. The number of aromatic nitrogens is 1. The van der Waals surface area contributed by atoms with Gasteiger partial charge in [-0.1, -0.05) is 12.1 Å². The highest BCUT2D eigenvalue weighted by Crippen LogP contribution is 2.13. The van der Waals surface area contributed by atoms with Crippen LogP contribution in [0.25, 0.3) is 0 Å². The Hall–Kier alpha value is -2.47. The minimum Gasteiger partial charge on any atom is -0.387 e. The van der Waals surface area contributed by atoms with Crippen LogP contribution in [0, 0.1) is 5.82 Å². The topological polar surface area (TPSA) is 65.5 Å². The maximum absolute atomic E-state index is 12.9. The normalized spacial score (nSPS) is 11.8. The Kier molecular flexibility index (Phi) is 6.26. The molecule has 1 aromatic heterocycles. The van der Waals surface area contributed by atoms with E-state index in [9.17, 15) is 14.3 Å². The predicted octanol–water partition coefficient (Wildman–Crippen LogP) is 2.53. The molecular weight excluding hydrogens is 309 g/mol.